The minimum absolute atomic E-state index is 0.522. The van der Waals surface area contributed by atoms with Gasteiger partial charge < -0.3 is 4.90 Å². The van der Waals surface area contributed by atoms with Gasteiger partial charge in [0.25, 0.3) is 0 Å². The summed E-state index contributed by atoms with van der Waals surface area (Å²) >= 11 is 1.87. The first-order valence-corrected chi connectivity index (χ1v) is 20.6. The molecule has 0 N–H and O–H groups in total. The quantitative estimate of drug-likeness (QED) is 0.163. The Labute approximate surface area is 334 Å². The summed E-state index contributed by atoms with van der Waals surface area (Å²) in [5.74, 6) is 0. The smallest absolute Gasteiger partial charge is 0.0737 e. The van der Waals surface area contributed by atoms with Crippen molar-refractivity contribution in [3.63, 3.8) is 0 Å². The molecule has 0 fully saturated rings. The van der Waals surface area contributed by atoms with E-state index >= 15 is 0 Å². The van der Waals surface area contributed by atoms with Crippen LogP contribution < -0.4 is 4.90 Å². The van der Waals surface area contributed by atoms with Gasteiger partial charge in [-0.15, -0.1) is 11.3 Å². The summed E-state index contributed by atoms with van der Waals surface area (Å²) in [5, 5.41) is 10.3. The van der Waals surface area contributed by atoms with Gasteiger partial charge >= 0.3 is 0 Å². The van der Waals surface area contributed by atoms with Gasteiger partial charge in [0.2, 0.25) is 0 Å². The summed E-state index contributed by atoms with van der Waals surface area (Å²) in [6.07, 6.45) is 0. The highest BCUT2D eigenvalue weighted by Gasteiger charge is 2.54. The molecule has 0 atom stereocenters. The van der Waals surface area contributed by atoms with Crippen molar-refractivity contribution in [3.8, 4) is 22.3 Å². The second-order valence-electron chi connectivity index (χ2n) is 15.5. The molecular weight excluding hydrogens is 707 g/mol. The Morgan fingerprint density at radius 2 is 0.860 bits per heavy atom. The lowest BCUT2D eigenvalue weighted by molar-refractivity contribution is 0.809. The van der Waals surface area contributed by atoms with Gasteiger partial charge in [0.05, 0.1) is 11.1 Å². The molecule has 264 valence electrons. The predicted octanol–water partition coefficient (Wildman–Crippen LogP) is 15.3. The molecule has 0 aliphatic heterocycles. The molecule has 2 aliphatic carbocycles. The first-order valence-electron chi connectivity index (χ1n) is 19.8. The third kappa shape index (κ3) is 4.02. The Bertz CT molecular complexity index is 3440. The molecule has 57 heavy (non-hydrogen) atoms. The molecule has 0 amide bonds. The summed E-state index contributed by atoms with van der Waals surface area (Å²) in [6.45, 7) is 0. The van der Waals surface area contributed by atoms with Crippen LogP contribution >= 0.6 is 11.3 Å². The van der Waals surface area contributed by atoms with Gasteiger partial charge in [0, 0.05) is 36.9 Å². The molecule has 0 saturated carbocycles. The first kappa shape index (κ1) is 31.2. The van der Waals surface area contributed by atoms with Crippen molar-refractivity contribution in [1.82, 2.24) is 0 Å². The SMILES string of the molecule is c1ccc(N(c2ccc3sc4ccccc4c3c2)c2cc3c(c4ccccc24)C2(c4ccccc4-c4ccccc42)c2c-3c3ccccc3c3ccccc23)cc1. The van der Waals surface area contributed by atoms with Crippen molar-refractivity contribution in [2.75, 3.05) is 4.90 Å². The van der Waals surface area contributed by atoms with E-state index in [2.05, 4.69) is 205 Å². The van der Waals surface area contributed by atoms with Gasteiger partial charge in [-0.1, -0.05) is 158 Å². The zero-order valence-electron chi connectivity index (χ0n) is 30.9. The lowest BCUT2D eigenvalue weighted by Gasteiger charge is -2.33. The van der Waals surface area contributed by atoms with Crippen LogP contribution in [0.15, 0.2) is 200 Å². The van der Waals surface area contributed by atoms with Crippen molar-refractivity contribution in [2.45, 2.75) is 5.41 Å². The Hall–Kier alpha value is -7.00. The van der Waals surface area contributed by atoms with Crippen LogP contribution in [0.3, 0.4) is 0 Å². The molecular formula is C55H33NS. The maximum absolute atomic E-state index is 2.54. The van der Waals surface area contributed by atoms with Gasteiger partial charge in [0.1, 0.15) is 0 Å². The topological polar surface area (TPSA) is 3.24 Å². The van der Waals surface area contributed by atoms with Crippen molar-refractivity contribution < 1.29 is 0 Å². The number of fused-ring (bicyclic) bond motifs is 20. The lowest BCUT2D eigenvalue weighted by Crippen LogP contribution is -2.26. The lowest BCUT2D eigenvalue weighted by atomic mass is 9.68. The Morgan fingerprint density at radius 1 is 0.333 bits per heavy atom. The fourth-order valence-electron chi connectivity index (χ4n) is 10.7. The monoisotopic (exact) mass is 739 g/mol. The summed E-state index contributed by atoms with van der Waals surface area (Å²) in [5.41, 5.74) is 13.7. The molecule has 2 aliphatic rings. The zero-order chi connectivity index (χ0) is 37.2. The minimum Gasteiger partial charge on any atom is -0.310 e. The van der Waals surface area contributed by atoms with E-state index in [-0.39, 0.29) is 0 Å². The predicted molar refractivity (Wildman–Crippen MR) is 243 cm³/mol. The third-order valence-electron chi connectivity index (χ3n) is 12.8. The van der Waals surface area contributed by atoms with Gasteiger partial charge in [-0.25, -0.2) is 0 Å². The van der Waals surface area contributed by atoms with Crippen LogP contribution in [-0.2, 0) is 5.41 Å². The summed E-state index contributed by atoms with van der Waals surface area (Å²) in [4.78, 5) is 2.50. The van der Waals surface area contributed by atoms with Crippen LogP contribution in [0.5, 0.6) is 0 Å². The number of nitrogens with zero attached hydrogens (tertiary/aromatic N) is 1. The van der Waals surface area contributed by atoms with E-state index in [0.29, 0.717) is 0 Å². The van der Waals surface area contributed by atoms with E-state index in [1.807, 2.05) is 11.3 Å². The minimum atomic E-state index is -0.522. The highest BCUT2D eigenvalue weighted by atomic mass is 32.1. The fourth-order valence-corrected chi connectivity index (χ4v) is 11.8. The summed E-state index contributed by atoms with van der Waals surface area (Å²) < 4.78 is 2.62. The number of hydrogen-bond donors (Lipinski definition) is 0. The van der Waals surface area contributed by atoms with Gasteiger partial charge in [-0.2, -0.15) is 0 Å². The third-order valence-corrected chi connectivity index (χ3v) is 14.0. The van der Waals surface area contributed by atoms with Crippen molar-refractivity contribution in [1.29, 1.82) is 0 Å². The zero-order valence-corrected chi connectivity index (χ0v) is 31.7. The molecule has 1 spiro atoms. The van der Waals surface area contributed by atoms with E-state index < -0.39 is 5.41 Å². The highest BCUT2D eigenvalue weighted by molar-refractivity contribution is 7.25. The fraction of sp³-hybridized carbons (Fsp3) is 0.0182. The second kappa shape index (κ2) is 11.5. The largest absolute Gasteiger partial charge is 0.310 e. The molecule has 0 unspecified atom stereocenters. The Kier molecular flexibility index (Phi) is 6.31. The van der Waals surface area contributed by atoms with Gasteiger partial charge in [-0.05, 0) is 114 Å². The maximum atomic E-state index is 2.54. The molecule has 10 aromatic carbocycles. The van der Waals surface area contributed by atoms with Crippen LogP contribution in [0.4, 0.5) is 17.1 Å². The number of rotatable bonds is 3. The molecule has 2 heteroatoms. The van der Waals surface area contributed by atoms with Crippen molar-refractivity contribution in [3.05, 3.63) is 222 Å². The standard InChI is InChI=1S/C55H33NS/c1-2-16-34(17-3-1)56(35-30-31-51-45(32-35)41-23-12-15-29-50(41)57-51)49-33-46-52-42-24-7-4-18-36(42)37-19-5-8-25-43(37)54(52)55(53(46)44-26-9-6-22-40(44)49)47-27-13-10-20-38(47)39-21-11-14-28-48(39)55/h1-33H. The Morgan fingerprint density at radius 3 is 1.58 bits per heavy atom. The van der Waals surface area contributed by atoms with Crippen LogP contribution in [-0.4, -0.2) is 0 Å². The Balaban J connectivity index is 1.23. The van der Waals surface area contributed by atoms with Crippen LogP contribution in [0.1, 0.15) is 22.3 Å². The van der Waals surface area contributed by atoms with E-state index in [1.54, 1.807) is 0 Å². The summed E-state index contributed by atoms with van der Waals surface area (Å²) in [7, 11) is 0. The van der Waals surface area contributed by atoms with Crippen molar-refractivity contribution >= 4 is 80.9 Å². The number of anilines is 3. The number of para-hydroxylation sites is 1. The summed E-state index contributed by atoms with van der Waals surface area (Å²) in [6, 6.07) is 75.1. The molecule has 1 aromatic heterocycles. The normalized spacial score (nSPS) is 13.4. The highest BCUT2D eigenvalue weighted by Crippen LogP contribution is 2.67. The number of thiophene rings is 1. The average molecular weight is 740 g/mol. The molecule has 0 bridgehead atoms. The second-order valence-corrected chi connectivity index (χ2v) is 16.6. The molecule has 0 saturated heterocycles. The molecule has 11 aromatic rings. The van der Waals surface area contributed by atoms with Crippen LogP contribution in [0.25, 0.3) is 74.7 Å². The van der Waals surface area contributed by atoms with E-state index in [9.17, 15) is 0 Å². The maximum Gasteiger partial charge on any atom is 0.0737 e. The number of benzene rings is 10. The first-order chi connectivity index (χ1) is 28.3. The van der Waals surface area contributed by atoms with Gasteiger partial charge in [0.15, 0.2) is 0 Å². The van der Waals surface area contributed by atoms with Crippen LogP contribution in [0.2, 0.25) is 0 Å². The van der Waals surface area contributed by atoms with E-state index in [0.717, 1.165) is 11.4 Å². The van der Waals surface area contributed by atoms with Crippen molar-refractivity contribution in [2.24, 2.45) is 0 Å². The molecule has 0 radical (unpaired) electrons. The van der Waals surface area contributed by atoms with E-state index in [4.69, 9.17) is 0 Å². The molecule has 1 heterocycles. The molecule has 13 rings (SSSR count). The van der Waals surface area contributed by atoms with E-state index in [1.165, 1.54) is 103 Å². The van der Waals surface area contributed by atoms with Crippen LogP contribution in [0, 0.1) is 0 Å². The molecule has 1 nitrogen and oxygen atoms in total. The average Bonchev–Trinajstić information content (AvgIpc) is 3.91. The van der Waals surface area contributed by atoms with Gasteiger partial charge in [-0.3, -0.25) is 0 Å². The number of hydrogen-bond acceptors (Lipinski definition) is 2.